The summed E-state index contributed by atoms with van der Waals surface area (Å²) in [6, 6.07) is 0. The van der Waals surface area contributed by atoms with Crippen molar-refractivity contribution in [3.63, 3.8) is 0 Å². The first-order valence-electron chi connectivity index (χ1n) is 3.52. The maximum absolute atomic E-state index is 10.5. The third kappa shape index (κ3) is 3.18. The van der Waals surface area contributed by atoms with Crippen LogP contribution in [0.15, 0.2) is 12.2 Å². The molecule has 0 fully saturated rings. The van der Waals surface area contributed by atoms with Gasteiger partial charge in [0.05, 0.1) is 12.0 Å². The number of hydrogen-bond donors (Lipinski definition) is 1. The lowest BCUT2D eigenvalue weighted by molar-refractivity contribution is -0.144. The third-order valence-corrected chi connectivity index (χ3v) is 1.54. The summed E-state index contributed by atoms with van der Waals surface area (Å²) in [4.78, 5) is 10.5. The van der Waals surface area contributed by atoms with Crippen molar-refractivity contribution in [1.29, 1.82) is 0 Å². The van der Waals surface area contributed by atoms with Gasteiger partial charge in [0.1, 0.15) is 0 Å². The van der Waals surface area contributed by atoms with Crippen LogP contribution in [0.3, 0.4) is 0 Å². The zero-order chi connectivity index (χ0) is 8.85. The number of carbonyl (C=O) groups is 1. The SMILES string of the molecule is CC=CC(OC)C(C)C(=O)O. The van der Waals surface area contributed by atoms with E-state index in [2.05, 4.69) is 0 Å². The van der Waals surface area contributed by atoms with Gasteiger partial charge in [0.15, 0.2) is 0 Å². The number of rotatable bonds is 4. The highest BCUT2D eigenvalue weighted by Gasteiger charge is 2.19. The van der Waals surface area contributed by atoms with Crippen molar-refractivity contribution in [2.24, 2.45) is 5.92 Å². The lowest BCUT2D eigenvalue weighted by atomic mass is 10.1. The van der Waals surface area contributed by atoms with Gasteiger partial charge in [0, 0.05) is 7.11 Å². The van der Waals surface area contributed by atoms with Crippen molar-refractivity contribution in [2.75, 3.05) is 7.11 Å². The van der Waals surface area contributed by atoms with Crippen LogP contribution in [0.25, 0.3) is 0 Å². The summed E-state index contributed by atoms with van der Waals surface area (Å²) in [5.41, 5.74) is 0. The van der Waals surface area contributed by atoms with Gasteiger partial charge in [-0.25, -0.2) is 0 Å². The maximum atomic E-state index is 10.5. The highest BCUT2D eigenvalue weighted by Crippen LogP contribution is 2.07. The summed E-state index contributed by atoms with van der Waals surface area (Å²) in [5.74, 6) is -1.33. The molecule has 0 aliphatic heterocycles. The first kappa shape index (κ1) is 10.2. The van der Waals surface area contributed by atoms with Gasteiger partial charge in [-0.2, -0.15) is 0 Å². The molecule has 0 aromatic rings. The summed E-state index contributed by atoms with van der Waals surface area (Å²) >= 11 is 0. The van der Waals surface area contributed by atoms with Gasteiger partial charge in [0.2, 0.25) is 0 Å². The van der Waals surface area contributed by atoms with E-state index in [-0.39, 0.29) is 6.10 Å². The Morgan fingerprint density at radius 3 is 2.45 bits per heavy atom. The summed E-state index contributed by atoms with van der Waals surface area (Å²) in [6.45, 7) is 3.46. The Bertz CT molecular complexity index is 151. The van der Waals surface area contributed by atoms with Crippen LogP contribution in [0.4, 0.5) is 0 Å². The maximum Gasteiger partial charge on any atom is 0.309 e. The second-order valence-corrected chi connectivity index (χ2v) is 2.35. The van der Waals surface area contributed by atoms with E-state index in [9.17, 15) is 4.79 Å². The number of allylic oxidation sites excluding steroid dienone is 1. The fourth-order valence-electron chi connectivity index (χ4n) is 0.780. The van der Waals surface area contributed by atoms with Gasteiger partial charge in [0.25, 0.3) is 0 Å². The van der Waals surface area contributed by atoms with E-state index in [1.54, 1.807) is 19.1 Å². The zero-order valence-electron chi connectivity index (χ0n) is 7.07. The van der Waals surface area contributed by atoms with E-state index in [1.165, 1.54) is 7.11 Å². The number of ether oxygens (including phenoxy) is 1. The van der Waals surface area contributed by atoms with Crippen LogP contribution >= 0.6 is 0 Å². The van der Waals surface area contributed by atoms with Crippen LogP contribution in [-0.4, -0.2) is 24.3 Å². The van der Waals surface area contributed by atoms with Crippen molar-refractivity contribution < 1.29 is 14.6 Å². The van der Waals surface area contributed by atoms with Crippen LogP contribution < -0.4 is 0 Å². The number of methoxy groups -OCH3 is 1. The Hall–Kier alpha value is -0.830. The topological polar surface area (TPSA) is 46.5 Å². The summed E-state index contributed by atoms with van der Waals surface area (Å²) < 4.78 is 4.95. The molecule has 0 amide bonds. The molecule has 0 aromatic carbocycles. The lowest BCUT2D eigenvalue weighted by Gasteiger charge is -2.14. The van der Waals surface area contributed by atoms with Crippen molar-refractivity contribution in [3.8, 4) is 0 Å². The number of aliphatic carboxylic acids is 1. The molecule has 0 rings (SSSR count). The third-order valence-electron chi connectivity index (χ3n) is 1.54. The van der Waals surface area contributed by atoms with Crippen LogP contribution in [0.2, 0.25) is 0 Å². The van der Waals surface area contributed by atoms with Gasteiger partial charge < -0.3 is 9.84 Å². The molecule has 2 atom stereocenters. The quantitative estimate of drug-likeness (QED) is 0.627. The molecule has 1 N–H and O–H groups in total. The minimum Gasteiger partial charge on any atom is -0.481 e. The molecule has 0 aliphatic carbocycles. The second kappa shape index (κ2) is 4.91. The second-order valence-electron chi connectivity index (χ2n) is 2.35. The van der Waals surface area contributed by atoms with E-state index in [0.29, 0.717) is 0 Å². The Morgan fingerprint density at radius 1 is 1.64 bits per heavy atom. The van der Waals surface area contributed by atoms with E-state index < -0.39 is 11.9 Å². The normalized spacial score (nSPS) is 16.6. The first-order chi connectivity index (χ1) is 5.13. The minimum atomic E-state index is -0.838. The molecular weight excluding hydrogens is 144 g/mol. The molecule has 0 saturated carbocycles. The predicted octanol–water partition coefficient (Wildman–Crippen LogP) is 1.30. The molecule has 11 heavy (non-hydrogen) atoms. The Balaban J connectivity index is 4.13. The van der Waals surface area contributed by atoms with Gasteiger partial charge in [-0.3, -0.25) is 4.79 Å². The molecule has 0 aliphatic rings. The van der Waals surface area contributed by atoms with Crippen molar-refractivity contribution in [1.82, 2.24) is 0 Å². The molecule has 3 heteroatoms. The Labute approximate surface area is 66.7 Å². The van der Waals surface area contributed by atoms with Gasteiger partial charge in [-0.1, -0.05) is 12.2 Å². The molecule has 0 spiro atoms. The fraction of sp³-hybridized carbons (Fsp3) is 0.625. The van der Waals surface area contributed by atoms with E-state index in [0.717, 1.165) is 0 Å². The highest BCUT2D eigenvalue weighted by molar-refractivity contribution is 5.70. The van der Waals surface area contributed by atoms with E-state index >= 15 is 0 Å². The van der Waals surface area contributed by atoms with Crippen molar-refractivity contribution >= 4 is 5.97 Å². The summed E-state index contributed by atoms with van der Waals surface area (Å²) in [7, 11) is 1.50. The standard InChI is InChI=1S/C8H14O3/c1-4-5-7(11-3)6(2)8(9)10/h4-7H,1-3H3,(H,9,10). The molecule has 0 saturated heterocycles. The van der Waals surface area contributed by atoms with Crippen LogP contribution in [-0.2, 0) is 9.53 Å². The number of carboxylic acids is 1. The highest BCUT2D eigenvalue weighted by atomic mass is 16.5. The van der Waals surface area contributed by atoms with Crippen molar-refractivity contribution in [3.05, 3.63) is 12.2 Å². The smallest absolute Gasteiger partial charge is 0.309 e. The summed E-state index contributed by atoms with van der Waals surface area (Å²) in [6.07, 6.45) is 3.20. The lowest BCUT2D eigenvalue weighted by Crippen LogP contribution is -2.25. The van der Waals surface area contributed by atoms with Crippen molar-refractivity contribution in [2.45, 2.75) is 20.0 Å². The molecular formula is C8H14O3. The number of carboxylic acid groups (broad SMARTS) is 1. The van der Waals surface area contributed by atoms with Gasteiger partial charge in [-0.15, -0.1) is 0 Å². The molecule has 0 bridgehead atoms. The molecule has 64 valence electrons. The Kier molecular flexibility index (Phi) is 4.54. The van der Waals surface area contributed by atoms with Gasteiger partial charge >= 0.3 is 5.97 Å². The van der Waals surface area contributed by atoms with Crippen LogP contribution in [0.1, 0.15) is 13.8 Å². The Morgan fingerprint density at radius 2 is 2.18 bits per heavy atom. The predicted molar refractivity (Wildman–Crippen MR) is 42.4 cm³/mol. The number of hydrogen-bond acceptors (Lipinski definition) is 2. The fourth-order valence-corrected chi connectivity index (χ4v) is 0.780. The molecule has 0 heterocycles. The van der Waals surface area contributed by atoms with E-state index in [1.807, 2.05) is 6.92 Å². The molecule has 0 radical (unpaired) electrons. The van der Waals surface area contributed by atoms with Crippen LogP contribution in [0, 0.1) is 5.92 Å². The zero-order valence-corrected chi connectivity index (χ0v) is 7.07. The minimum absolute atomic E-state index is 0.322. The monoisotopic (exact) mass is 158 g/mol. The average molecular weight is 158 g/mol. The average Bonchev–Trinajstić information content (AvgIpc) is 1.98. The van der Waals surface area contributed by atoms with Crippen LogP contribution in [0.5, 0.6) is 0 Å². The first-order valence-corrected chi connectivity index (χ1v) is 3.52. The molecule has 2 unspecified atom stereocenters. The molecule has 3 nitrogen and oxygen atoms in total. The molecule has 0 aromatic heterocycles. The summed E-state index contributed by atoms with van der Waals surface area (Å²) in [5, 5.41) is 8.60. The largest absolute Gasteiger partial charge is 0.481 e. The van der Waals surface area contributed by atoms with Gasteiger partial charge in [-0.05, 0) is 13.8 Å². The van der Waals surface area contributed by atoms with E-state index in [4.69, 9.17) is 9.84 Å².